The third-order valence-corrected chi connectivity index (χ3v) is 3.77. The van der Waals surface area contributed by atoms with Gasteiger partial charge in [0.25, 0.3) is 10.1 Å². The molecule has 1 aliphatic rings. The van der Waals surface area contributed by atoms with E-state index in [4.69, 9.17) is 32.9 Å². The number of aliphatic hydroxyl groups is 1. The highest BCUT2D eigenvalue weighted by Crippen LogP contribution is 2.68. The highest BCUT2D eigenvalue weighted by Gasteiger charge is 2.69. The van der Waals surface area contributed by atoms with Crippen LogP contribution in [0, 0.1) is 11.3 Å². The van der Waals surface area contributed by atoms with Crippen molar-refractivity contribution < 1.29 is 18.1 Å². The average Bonchev–Trinajstić information content (AvgIpc) is 2.19. The first-order valence-electron chi connectivity index (χ1n) is 3.85. The summed E-state index contributed by atoms with van der Waals surface area (Å²) < 4.78 is 25.2. The van der Waals surface area contributed by atoms with Gasteiger partial charge in [-0.15, -0.1) is 23.2 Å². The lowest BCUT2D eigenvalue weighted by Gasteiger charge is -1.99. The standard InChI is InChI=1S/C6H10Cl2O.CH4O3S/c1-5(2)4(3-9)6(5,7)8;1-5(2,3)4/h4,9H,3H2,1-2H3;1H3,(H,2,3,4). The zero-order valence-electron chi connectivity index (χ0n) is 8.16. The number of halogens is 2. The topological polar surface area (TPSA) is 74.6 Å². The van der Waals surface area contributed by atoms with Gasteiger partial charge in [0.1, 0.15) is 4.33 Å². The van der Waals surface area contributed by atoms with E-state index in [9.17, 15) is 8.42 Å². The van der Waals surface area contributed by atoms with Gasteiger partial charge in [0.15, 0.2) is 0 Å². The summed E-state index contributed by atoms with van der Waals surface area (Å²) in [6.07, 6.45) is 0.715. The number of alkyl halides is 2. The fraction of sp³-hybridized carbons (Fsp3) is 1.00. The molecule has 0 bridgehead atoms. The summed E-state index contributed by atoms with van der Waals surface area (Å²) in [4.78, 5) is 0. The van der Waals surface area contributed by atoms with Crippen molar-refractivity contribution in [3.63, 3.8) is 0 Å². The largest absolute Gasteiger partial charge is 0.396 e. The van der Waals surface area contributed by atoms with Crippen LogP contribution in [0.5, 0.6) is 0 Å². The quantitative estimate of drug-likeness (QED) is 0.553. The normalized spacial score (nSPS) is 27.5. The molecule has 0 aliphatic heterocycles. The molecule has 0 spiro atoms. The molecule has 14 heavy (non-hydrogen) atoms. The number of hydrogen-bond donors (Lipinski definition) is 2. The molecule has 4 nitrogen and oxygen atoms in total. The highest BCUT2D eigenvalue weighted by atomic mass is 35.5. The second kappa shape index (κ2) is 4.14. The molecule has 1 unspecified atom stereocenters. The molecule has 2 N–H and O–H groups in total. The Morgan fingerprint density at radius 1 is 1.36 bits per heavy atom. The molecule has 1 saturated carbocycles. The molecule has 86 valence electrons. The number of aliphatic hydroxyl groups excluding tert-OH is 1. The van der Waals surface area contributed by atoms with Crippen molar-refractivity contribution >= 4 is 33.3 Å². The van der Waals surface area contributed by atoms with Gasteiger partial charge < -0.3 is 5.11 Å². The Kier molecular flexibility index (Phi) is 4.27. The van der Waals surface area contributed by atoms with E-state index >= 15 is 0 Å². The Morgan fingerprint density at radius 3 is 1.57 bits per heavy atom. The molecule has 0 aromatic heterocycles. The Hall–Kier alpha value is 0.450. The van der Waals surface area contributed by atoms with E-state index in [-0.39, 0.29) is 17.9 Å². The zero-order chi connectivity index (χ0) is 11.8. The zero-order valence-corrected chi connectivity index (χ0v) is 10.5. The van der Waals surface area contributed by atoms with Crippen LogP contribution in [0.3, 0.4) is 0 Å². The van der Waals surface area contributed by atoms with Crippen LogP contribution in [0.25, 0.3) is 0 Å². The summed E-state index contributed by atoms with van der Waals surface area (Å²) in [6, 6.07) is 0. The smallest absolute Gasteiger partial charge is 0.261 e. The molecule has 0 aromatic carbocycles. The van der Waals surface area contributed by atoms with Crippen molar-refractivity contribution in [2.45, 2.75) is 18.2 Å². The van der Waals surface area contributed by atoms with Gasteiger partial charge in [-0.05, 0) is 0 Å². The molecule has 0 radical (unpaired) electrons. The third-order valence-electron chi connectivity index (χ3n) is 2.27. The van der Waals surface area contributed by atoms with E-state index in [0.29, 0.717) is 6.26 Å². The number of rotatable bonds is 1. The molecule has 0 amide bonds. The maximum absolute atomic E-state index is 9.19. The summed E-state index contributed by atoms with van der Waals surface area (Å²) in [7, 11) is -3.67. The fourth-order valence-corrected chi connectivity index (χ4v) is 1.94. The van der Waals surface area contributed by atoms with Gasteiger partial charge in [0.05, 0.1) is 6.26 Å². The monoisotopic (exact) mass is 264 g/mol. The summed E-state index contributed by atoms with van der Waals surface area (Å²) in [5.74, 6) is 0.0494. The minimum absolute atomic E-state index is 0.0494. The summed E-state index contributed by atoms with van der Waals surface area (Å²) in [5, 5.41) is 8.71. The Balaban J connectivity index is 0.000000292. The van der Waals surface area contributed by atoms with E-state index in [1.165, 1.54) is 0 Å². The molecular weight excluding hydrogens is 251 g/mol. The van der Waals surface area contributed by atoms with Crippen LogP contribution in [-0.4, -0.2) is 35.3 Å². The van der Waals surface area contributed by atoms with Gasteiger partial charge in [-0.25, -0.2) is 0 Å². The fourth-order valence-electron chi connectivity index (χ4n) is 1.10. The van der Waals surface area contributed by atoms with Crippen LogP contribution in [0.2, 0.25) is 0 Å². The van der Waals surface area contributed by atoms with Crippen molar-refractivity contribution in [3.8, 4) is 0 Å². The van der Waals surface area contributed by atoms with Gasteiger partial charge in [0, 0.05) is 17.9 Å². The minimum atomic E-state index is -3.67. The minimum Gasteiger partial charge on any atom is -0.396 e. The maximum atomic E-state index is 9.19. The Bertz CT molecular complexity index is 275. The second-order valence-corrected chi connectivity index (χ2v) is 6.66. The molecule has 1 fully saturated rings. The van der Waals surface area contributed by atoms with Gasteiger partial charge in [0.2, 0.25) is 0 Å². The molecule has 0 saturated heterocycles. The summed E-state index contributed by atoms with van der Waals surface area (Å²) in [5.41, 5.74) is -0.106. The van der Waals surface area contributed by atoms with E-state index in [1.54, 1.807) is 0 Å². The second-order valence-electron chi connectivity index (χ2n) is 3.81. The lowest BCUT2D eigenvalue weighted by atomic mass is 10.1. The van der Waals surface area contributed by atoms with Gasteiger partial charge in [-0.2, -0.15) is 8.42 Å². The third kappa shape index (κ3) is 3.55. The first-order chi connectivity index (χ1) is 5.94. The molecular formula is C7H14Cl2O4S. The maximum Gasteiger partial charge on any atom is 0.261 e. The van der Waals surface area contributed by atoms with Crippen LogP contribution < -0.4 is 0 Å². The first kappa shape index (κ1) is 14.5. The Labute approximate surface area is 94.0 Å². The van der Waals surface area contributed by atoms with Crippen molar-refractivity contribution in [1.82, 2.24) is 0 Å². The molecule has 1 atom stereocenters. The molecule has 1 rings (SSSR count). The average molecular weight is 265 g/mol. The molecule has 0 aromatic rings. The predicted octanol–water partition coefficient (Wildman–Crippen LogP) is 1.31. The SMILES string of the molecule is CC1(C)C(CO)C1(Cl)Cl.CS(=O)(=O)O. The van der Waals surface area contributed by atoms with Crippen molar-refractivity contribution in [2.75, 3.05) is 12.9 Å². The van der Waals surface area contributed by atoms with E-state index in [0.717, 1.165) is 0 Å². The van der Waals surface area contributed by atoms with Crippen LogP contribution in [0.4, 0.5) is 0 Å². The number of hydrogen-bond acceptors (Lipinski definition) is 3. The predicted molar refractivity (Wildman–Crippen MR) is 56.3 cm³/mol. The molecule has 7 heteroatoms. The lowest BCUT2D eigenvalue weighted by Crippen LogP contribution is -1.96. The van der Waals surface area contributed by atoms with Crippen LogP contribution in [0.1, 0.15) is 13.8 Å². The van der Waals surface area contributed by atoms with Crippen LogP contribution >= 0.6 is 23.2 Å². The van der Waals surface area contributed by atoms with E-state index < -0.39 is 14.5 Å². The van der Waals surface area contributed by atoms with Gasteiger partial charge in [-0.3, -0.25) is 4.55 Å². The van der Waals surface area contributed by atoms with Gasteiger partial charge >= 0.3 is 0 Å². The van der Waals surface area contributed by atoms with Gasteiger partial charge in [-0.1, -0.05) is 13.8 Å². The lowest BCUT2D eigenvalue weighted by molar-refractivity contribution is 0.257. The van der Waals surface area contributed by atoms with Crippen LogP contribution in [0.15, 0.2) is 0 Å². The first-order valence-corrected chi connectivity index (χ1v) is 6.46. The summed E-state index contributed by atoms with van der Waals surface area (Å²) in [6.45, 7) is 3.99. The van der Waals surface area contributed by atoms with E-state index in [1.807, 2.05) is 13.8 Å². The highest BCUT2D eigenvalue weighted by molar-refractivity contribution is 7.85. The summed E-state index contributed by atoms with van der Waals surface area (Å²) >= 11 is 11.6. The molecule has 0 heterocycles. The van der Waals surface area contributed by atoms with Crippen molar-refractivity contribution in [2.24, 2.45) is 11.3 Å². The molecule has 1 aliphatic carbocycles. The van der Waals surface area contributed by atoms with Crippen LogP contribution in [-0.2, 0) is 10.1 Å². The van der Waals surface area contributed by atoms with E-state index in [2.05, 4.69) is 0 Å². The van der Waals surface area contributed by atoms with Crippen molar-refractivity contribution in [3.05, 3.63) is 0 Å². The Morgan fingerprint density at radius 2 is 1.57 bits per heavy atom. The van der Waals surface area contributed by atoms with Crippen molar-refractivity contribution in [1.29, 1.82) is 0 Å².